The summed E-state index contributed by atoms with van der Waals surface area (Å²) >= 11 is 8.08. The van der Waals surface area contributed by atoms with Crippen molar-refractivity contribution in [3.63, 3.8) is 0 Å². The van der Waals surface area contributed by atoms with E-state index in [0.717, 1.165) is 18.1 Å². The first-order valence-corrected chi connectivity index (χ1v) is 8.57. The molecule has 0 saturated carbocycles. The minimum atomic E-state index is 0.317. The van der Waals surface area contributed by atoms with Crippen LogP contribution in [0.2, 0.25) is 5.02 Å². The number of halogens is 1. The van der Waals surface area contributed by atoms with Crippen LogP contribution in [-0.2, 0) is 0 Å². The van der Waals surface area contributed by atoms with E-state index in [0.29, 0.717) is 12.1 Å². The summed E-state index contributed by atoms with van der Waals surface area (Å²) in [4.78, 5) is 3.71. The number of hydrogen-bond donors (Lipinski definition) is 1. The normalized spacial score (nSPS) is 14.3. The molecule has 1 aromatic heterocycles. The van der Waals surface area contributed by atoms with E-state index >= 15 is 0 Å². The summed E-state index contributed by atoms with van der Waals surface area (Å²) in [5.74, 6) is 0. The van der Waals surface area contributed by atoms with E-state index in [-0.39, 0.29) is 0 Å². The van der Waals surface area contributed by atoms with Gasteiger partial charge in [0.05, 0.1) is 0 Å². The van der Waals surface area contributed by atoms with Crippen molar-refractivity contribution in [2.75, 3.05) is 20.1 Å². The van der Waals surface area contributed by atoms with Crippen molar-refractivity contribution in [1.29, 1.82) is 0 Å². The van der Waals surface area contributed by atoms with Crippen LogP contribution in [0.4, 0.5) is 0 Å². The molecule has 1 aromatic carbocycles. The van der Waals surface area contributed by atoms with E-state index in [9.17, 15) is 0 Å². The fourth-order valence-corrected chi connectivity index (χ4v) is 3.39. The van der Waals surface area contributed by atoms with E-state index < -0.39 is 0 Å². The van der Waals surface area contributed by atoms with E-state index in [1.807, 2.05) is 18.2 Å². The Bertz CT molecular complexity index is 541. The average Bonchev–Trinajstić information content (AvgIpc) is 3.01. The van der Waals surface area contributed by atoms with Gasteiger partial charge in [-0.2, -0.15) is 0 Å². The zero-order chi connectivity index (χ0) is 15.2. The SMILES string of the molecule is CC(NCCN(C)C(C)c1ccccc1Cl)c1cccs1. The molecule has 0 bridgehead atoms. The Hall–Kier alpha value is -0.870. The van der Waals surface area contributed by atoms with Crippen molar-refractivity contribution in [1.82, 2.24) is 10.2 Å². The molecule has 0 fully saturated rings. The summed E-state index contributed by atoms with van der Waals surface area (Å²) in [7, 11) is 2.14. The van der Waals surface area contributed by atoms with Crippen molar-refractivity contribution in [2.24, 2.45) is 0 Å². The first-order valence-electron chi connectivity index (χ1n) is 7.31. The number of likely N-dealkylation sites (N-methyl/N-ethyl adjacent to an activating group) is 1. The Labute approximate surface area is 136 Å². The van der Waals surface area contributed by atoms with Gasteiger partial charge in [-0.1, -0.05) is 35.9 Å². The predicted molar refractivity (Wildman–Crippen MR) is 93.2 cm³/mol. The standard InChI is InChI=1S/C17H23ClN2S/c1-13(17-9-6-12-21-17)19-10-11-20(3)14(2)15-7-4-5-8-16(15)18/h4-9,12-14,19H,10-11H2,1-3H3. The summed E-state index contributed by atoms with van der Waals surface area (Å²) in [5, 5.41) is 6.54. The first kappa shape index (κ1) is 16.5. The molecule has 2 nitrogen and oxygen atoms in total. The molecular weight excluding hydrogens is 300 g/mol. The Morgan fingerprint density at radius 3 is 2.62 bits per heavy atom. The van der Waals surface area contributed by atoms with Crippen LogP contribution in [0.5, 0.6) is 0 Å². The minimum absolute atomic E-state index is 0.317. The fourth-order valence-electron chi connectivity index (χ4n) is 2.34. The quantitative estimate of drug-likeness (QED) is 0.791. The van der Waals surface area contributed by atoms with Crippen LogP contribution in [0.1, 0.15) is 36.4 Å². The van der Waals surface area contributed by atoms with Crippen molar-refractivity contribution in [2.45, 2.75) is 25.9 Å². The number of rotatable bonds is 7. The van der Waals surface area contributed by atoms with Crippen LogP contribution < -0.4 is 5.32 Å². The summed E-state index contributed by atoms with van der Waals surface area (Å²) in [6, 6.07) is 13.1. The molecule has 2 atom stereocenters. The molecule has 0 radical (unpaired) electrons. The monoisotopic (exact) mass is 322 g/mol. The molecule has 21 heavy (non-hydrogen) atoms. The molecule has 0 aliphatic rings. The van der Waals surface area contributed by atoms with Crippen LogP contribution in [0.25, 0.3) is 0 Å². The van der Waals surface area contributed by atoms with Crippen molar-refractivity contribution >= 4 is 22.9 Å². The lowest BCUT2D eigenvalue weighted by molar-refractivity contribution is 0.258. The highest BCUT2D eigenvalue weighted by molar-refractivity contribution is 7.10. The highest BCUT2D eigenvalue weighted by atomic mass is 35.5. The number of thiophene rings is 1. The van der Waals surface area contributed by atoms with Crippen molar-refractivity contribution in [3.8, 4) is 0 Å². The number of benzene rings is 1. The molecular formula is C17H23ClN2S. The van der Waals surface area contributed by atoms with Crippen LogP contribution in [0.3, 0.4) is 0 Å². The lowest BCUT2D eigenvalue weighted by atomic mass is 10.1. The van der Waals surface area contributed by atoms with Gasteiger partial charge in [0.25, 0.3) is 0 Å². The van der Waals surface area contributed by atoms with E-state index in [2.05, 4.69) is 54.7 Å². The first-order chi connectivity index (χ1) is 10.1. The fraction of sp³-hybridized carbons (Fsp3) is 0.412. The third-order valence-electron chi connectivity index (χ3n) is 3.90. The summed E-state index contributed by atoms with van der Waals surface area (Å²) in [6.07, 6.45) is 0. The van der Waals surface area contributed by atoms with Gasteiger partial charge >= 0.3 is 0 Å². The second-order valence-electron chi connectivity index (χ2n) is 5.37. The van der Waals surface area contributed by atoms with Crippen molar-refractivity contribution in [3.05, 3.63) is 57.2 Å². The molecule has 1 N–H and O–H groups in total. The second-order valence-corrected chi connectivity index (χ2v) is 6.76. The van der Waals surface area contributed by atoms with Crippen LogP contribution in [0.15, 0.2) is 41.8 Å². The molecule has 0 aliphatic heterocycles. The van der Waals surface area contributed by atoms with E-state index in [1.165, 1.54) is 10.4 Å². The maximum Gasteiger partial charge on any atom is 0.0453 e. The zero-order valence-electron chi connectivity index (χ0n) is 12.8. The van der Waals surface area contributed by atoms with Gasteiger partial charge in [-0.25, -0.2) is 0 Å². The molecule has 0 spiro atoms. The highest BCUT2D eigenvalue weighted by Crippen LogP contribution is 2.26. The third-order valence-corrected chi connectivity index (χ3v) is 5.30. The molecule has 114 valence electrons. The second kappa shape index (κ2) is 7.95. The van der Waals surface area contributed by atoms with Gasteiger partial charge in [0.2, 0.25) is 0 Å². The van der Waals surface area contributed by atoms with Crippen LogP contribution in [-0.4, -0.2) is 25.0 Å². The Morgan fingerprint density at radius 2 is 1.95 bits per heavy atom. The molecule has 0 aliphatic carbocycles. The molecule has 0 amide bonds. The smallest absolute Gasteiger partial charge is 0.0453 e. The largest absolute Gasteiger partial charge is 0.308 e. The third kappa shape index (κ3) is 4.55. The summed E-state index contributed by atoms with van der Waals surface area (Å²) in [6.45, 7) is 6.36. The summed E-state index contributed by atoms with van der Waals surface area (Å²) in [5.41, 5.74) is 1.19. The minimum Gasteiger partial charge on any atom is -0.308 e. The van der Waals surface area contributed by atoms with Crippen LogP contribution in [0, 0.1) is 0 Å². The number of nitrogens with zero attached hydrogens (tertiary/aromatic N) is 1. The topological polar surface area (TPSA) is 15.3 Å². The molecule has 0 saturated heterocycles. The maximum atomic E-state index is 6.27. The predicted octanol–water partition coefficient (Wildman–Crippen LogP) is 4.75. The van der Waals surface area contributed by atoms with Crippen LogP contribution >= 0.6 is 22.9 Å². The van der Waals surface area contributed by atoms with Gasteiger partial charge in [-0.05, 0) is 44.0 Å². The van der Waals surface area contributed by atoms with Gasteiger partial charge in [0.15, 0.2) is 0 Å². The van der Waals surface area contributed by atoms with Crippen molar-refractivity contribution < 1.29 is 0 Å². The molecule has 2 unspecified atom stereocenters. The number of nitrogens with one attached hydrogen (secondary N) is 1. The van der Waals surface area contributed by atoms with Gasteiger partial charge in [-0.15, -0.1) is 11.3 Å². The Balaban J connectivity index is 1.82. The Morgan fingerprint density at radius 1 is 1.19 bits per heavy atom. The van der Waals surface area contributed by atoms with Gasteiger partial charge in [0.1, 0.15) is 0 Å². The van der Waals surface area contributed by atoms with Gasteiger partial charge < -0.3 is 5.32 Å². The van der Waals surface area contributed by atoms with Gasteiger partial charge in [0, 0.05) is 35.1 Å². The molecule has 4 heteroatoms. The summed E-state index contributed by atoms with van der Waals surface area (Å²) < 4.78 is 0. The number of hydrogen-bond acceptors (Lipinski definition) is 3. The molecule has 2 rings (SSSR count). The van der Waals surface area contributed by atoms with Gasteiger partial charge in [-0.3, -0.25) is 4.90 Å². The zero-order valence-corrected chi connectivity index (χ0v) is 14.4. The highest BCUT2D eigenvalue weighted by Gasteiger charge is 2.14. The maximum absolute atomic E-state index is 6.27. The molecule has 2 aromatic rings. The lowest BCUT2D eigenvalue weighted by Gasteiger charge is -2.26. The molecule has 1 heterocycles. The lowest BCUT2D eigenvalue weighted by Crippen LogP contribution is -2.32. The van der Waals surface area contributed by atoms with E-state index in [4.69, 9.17) is 11.6 Å². The average molecular weight is 323 g/mol. The Kier molecular flexibility index (Phi) is 6.24. The van der Waals surface area contributed by atoms with E-state index in [1.54, 1.807) is 11.3 Å².